The Hall–Kier alpha value is -0.653. The van der Waals surface area contributed by atoms with Gasteiger partial charge in [-0.15, -0.1) is 0 Å². The molecule has 1 unspecified atom stereocenters. The fourth-order valence-electron chi connectivity index (χ4n) is 1.35. The van der Waals surface area contributed by atoms with E-state index in [9.17, 15) is 5.11 Å². The molecule has 0 amide bonds. The first-order valence-corrected chi connectivity index (χ1v) is 9.19. The van der Waals surface area contributed by atoms with Crippen molar-refractivity contribution in [2.24, 2.45) is 4.99 Å². The zero-order chi connectivity index (χ0) is 14.0. The van der Waals surface area contributed by atoms with Crippen LogP contribution in [0.5, 0.6) is 0 Å². The molecule has 0 radical (unpaired) electrons. The summed E-state index contributed by atoms with van der Waals surface area (Å²) in [5.41, 5.74) is 0.849. The number of rotatable bonds is 4. The lowest BCUT2D eigenvalue weighted by Gasteiger charge is -2.36. The van der Waals surface area contributed by atoms with Gasteiger partial charge in [0.2, 0.25) is 0 Å². The maximum atomic E-state index is 9.61. The molecular weight excluding hydrogens is 246 g/mol. The summed E-state index contributed by atoms with van der Waals surface area (Å²) in [6.45, 7) is 11.9. The van der Waals surface area contributed by atoms with Gasteiger partial charge in [-0.3, -0.25) is 4.99 Å². The number of nitrogens with zero attached hydrogens (tertiary/aromatic N) is 1. The Bertz CT molecular complexity index is 356. The molecule has 0 aliphatic carbocycles. The number of ether oxygens (including phenoxy) is 1. The normalized spacial score (nSPS) is 21.4. The van der Waals surface area contributed by atoms with Gasteiger partial charge < -0.3 is 14.3 Å². The van der Waals surface area contributed by atoms with Crippen molar-refractivity contribution in [3.63, 3.8) is 0 Å². The van der Waals surface area contributed by atoms with Crippen LogP contribution in [0.25, 0.3) is 0 Å². The van der Waals surface area contributed by atoms with Crippen molar-refractivity contribution in [1.82, 2.24) is 0 Å². The first-order chi connectivity index (χ1) is 8.17. The van der Waals surface area contributed by atoms with E-state index in [2.05, 4.69) is 38.9 Å². The van der Waals surface area contributed by atoms with Gasteiger partial charge in [-0.1, -0.05) is 20.8 Å². The number of hydrogen-bond acceptors (Lipinski definition) is 4. The minimum Gasteiger partial charge on any atom is -0.498 e. The van der Waals surface area contributed by atoms with E-state index < -0.39 is 14.4 Å². The van der Waals surface area contributed by atoms with Crippen molar-refractivity contribution in [3.05, 3.63) is 11.8 Å². The van der Waals surface area contributed by atoms with Crippen LogP contribution in [0.4, 0.5) is 0 Å². The molecule has 0 spiro atoms. The summed E-state index contributed by atoms with van der Waals surface area (Å²) in [4.78, 5) is 4.30. The van der Waals surface area contributed by atoms with Crippen molar-refractivity contribution >= 4 is 14.0 Å². The van der Waals surface area contributed by atoms with Crippen LogP contribution >= 0.6 is 0 Å². The Morgan fingerprint density at radius 2 is 2.06 bits per heavy atom. The van der Waals surface area contributed by atoms with E-state index in [1.54, 1.807) is 13.2 Å². The van der Waals surface area contributed by atoms with Gasteiger partial charge >= 0.3 is 0 Å². The molecule has 0 saturated heterocycles. The molecule has 1 aliphatic heterocycles. The van der Waals surface area contributed by atoms with E-state index in [0.717, 1.165) is 5.71 Å². The van der Waals surface area contributed by atoms with Gasteiger partial charge in [0.25, 0.3) is 0 Å². The summed E-state index contributed by atoms with van der Waals surface area (Å²) < 4.78 is 11.2. The van der Waals surface area contributed by atoms with E-state index in [0.29, 0.717) is 18.9 Å². The highest BCUT2D eigenvalue weighted by Crippen LogP contribution is 2.36. The summed E-state index contributed by atoms with van der Waals surface area (Å²) >= 11 is 0. The second-order valence-electron chi connectivity index (χ2n) is 6.15. The lowest BCUT2D eigenvalue weighted by molar-refractivity contribution is 0.132. The van der Waals surface area contributed by atoms with Gasteiger partial charge in [-0.25, -0.2) is 0 Å². The Balaban J connectivity index is 2.63. The fourth-order valence-corrected chi connectivity index (χ4v) is 2.29. The number of aliphatic hydroxyl groups is 1. The molecule has 18 heavy (non-hydrogen) atoms. The smallest absolute Gasteiger partial charge is 0.192 e. The highest BCUT2D eigenvalue weighted by atomic mass is 28.4. The third kappa shape index (κ3) is 3.67. The van der Waals surface area contributed by atoms with E-state index >= 15 is 0 Å². The molecule has 1 N–H and O–H groups in total. The Kier molecular flexibility index (Phi) is 4.75. The van der Waals surface area contributed by atoms with Crippen LogP contribution in [0.15, 0.2) is 16.8 Å². The number of methoxy groups -OCH3 is 1. The van der Waals surface area contributed by atoms with Crippen LogP contribution in [0, 0.1) is 0 Å². The summed E-state index contributed by atoms with van der Waals surface area (Å²) in [5, 5.41) is 9.80. The summed E-state index contributed by atoms with van der Waals surface area (Å²) in [5.74, 6) is 0.568. The average molecular weight is 271 g/mol. The monoisotopic (exact) mass is 271 g/mol. The summed E-state index contributed by atoms with van der Waals surface area (Å²) in [7, 11) is -0.189. The van der Waals surface area contributed by atoms with Crippen molar-refractivity contribution in [2.75, 3.05) is 20.3 Å². The first kappa shape index (κ1) is 15.4. The third-order valence-corrected chi connectivity index (χ3v) is 8.21. The SMILES string of the molecule is COC1=CC(CO[Si](C)(C)C(C)(C)C)=NCC1O. The molecule has 1 atom stereocenters. The molecule has 1 rings (SSSR count). The maximum Gasteiger partial charge on any atom is 0.192 e. The minimum absolute atomic E-state index is 0.190. The lowest BCUT2D eigenvalue weighted by Crippen LogP contribution is -2.42. The van der Waals surface area contributed by atoms with Crippen LogP contribution in [0.2, 0.25) is 18.1 Å². The second-order valence-corrected chi connectivity index (χ2v) is 11.0. The first-order valence-electron chi connectivity index (χ1n) is 6.28. The molecule has 5 heteroatoms. The fraction of sp³-hybridized carbons (Fsp3) is 0.769. The summed E-state index contributed by atoms with van der Waals surface area (Å²) in [6.07, 6.45) is 1.16. The zero-order valence-corrected chi connectivity index (χ0v) is 13.3. The molecule has 0 aromatic carbocycles. The van der Waals surface area contributed by atoms with E-state index in [-0.39, 0.29) is 5.04 Å². The molecule has 0 saturated carbocycles. The number of aliphatic imine (C=N–C) groups is 1. The summed E-state index contributed by atoms with van der Waals surface area (Å²) in [6, 6.07) is 0. The number of aliphatic hydroxyl groups excluding tert-OH is 1. The molecule has 4 nitrogen and oxygen atoms in total. The van der Waals surface area contributed by atoms with Crippen molar-refractivity contribution in [2.45, 2.75) is 45.0 Å². The molecule has 0 bridgehead atoms. The van der Waals surface area contributed by atoms with Crippen LogP contribution in [0.3, 0.4) is 0 Å². The van der Waals surface area contributed by atoms with Gasteiger partial charge in [0, 0.05) is 6.08 Å². The molecule has 1 heterocycles. The van der Waals surface area contributed by atoms with Crippen LogP contribution in [0.1, 0.15) is 20.8 Å². The molecule has 0 fully saturated rings. The third-order valence-electron chi connectivity index (χ3n) is 3.73. The molecule has 0 aromatic rings. The average Bonchev–Trinajstić information content (AvgIpc) is 2.26. The van der Waals surface area contributed by atoms with Gasteiger partial charge in [0.15, 0.2) is 8.32 Å². The molecule has 1 aliphatic rings. The predicted molar refractivity (Wildman–Crippen MR) is 76.5 cm³/mol. The van der Waals surface area contributed by atoms with Gasteiger partial charge in [0.05, 0.1) is 26.0 Å². The molecule has 104 valence electrons. The Labute approximate surface area is 111 Å². The standard InChI is InChI=1S/C13H25NO3Si/c1-13(2,3)18(5,6)17-9-10-7-12(16-4)11(15)8-14-10/h7,11,15H,8-9H2,1-6H3. The Morgan fingerprint density at radius 1 is 1.44 bits per heavy atom. The Morgan fingerprint density at radius 3 is 2.56 bits per heavy atom. The molecular formula is C13H25NO3Si. The molecule has 0 aromatic heterocycles. The minimum atomic E-state index is -1.75. The zero-order valence-electron chi connectivity index (χ0n) is 12.3. The van der Waals surface area contributed by atoms with E-state index in [1.807, 2.05) is 0 Å². The van der Waals surface area contributed by atoms with E-state index in [1.165, 1.54) is 0 Å². The van der Waals surface area contributed by atoms with Gasteiger partial charge in [-0.2, -0.15) is 0 Å². The second kappa shape index (κ2) is 5.55. The van der Waals surface area contributed by atoms with E-state index in [4.69, 9.17) is 9.16 Å². The van der Waals surface area contributed by atoms with Gasteiger partial charge in [0.1, 0.15) is 11.9 Å². The van der Waals surface area contributed by atoms with Crippen LogP contribution in [-0.4, -0.2) is 45.5 Å². The maximum absolute atomic E-state index is 9.61. The van der Waals surface area contributed by atoms with Crippen LogP contribution in [-0.2, 0) is 9.16 Å². The number of hydrogen-bond donors (Lipinski definition) is 1. The lowest BCUT2D eigenvalue weighted by atomic mass is 10.2. The largest absolute Gasteiger partial charge is 0.498 e. The topological polar surface area (TPSA) is 51.0 Å². The number of dihydropyridines is 1. The van der Waals surface area contributed by atoms with Crippen molar-refractivity contribution < 1.29 is 14.3 Å². The predicted octanol–water partition coefficient (Wildman–Crippen LogP) is 2.35. The highest BCUT2D eigenvalue weighted by molar-refractivity contribution is 6.74. The quantitative estimate of drug-likeness (QED) is 0.799. The van der Waals surface area contributed by atoms with Crippen molar-refractivity contribution in [3.8, 4) is 0 Å². The van der Waals surface area contributed by atoms with Gasteiger partial charge in [-0.05, 0) is 18.1 Å². The highest BCUT2D eigenvalue weighted by Gasteiger charge is 2.37. The van der Waals surface area contributed by atoms with Crippen molar-refractivity contribution in [1.29, 1.82) is 0 Å². The van der Waals surface area contributed by atoms with Crippen LogP contribution < -0.4 is 0 Å².